The van der Waals surface area contributed by atoms with Gasteiger partial charge in [0.25, 0.3) is 5.91 Å². The predicted molar refractivity (Wildman–Crippen MR) is 119 cm³/mol. The van der Waals surface area contributed by atoms with Crippen molar-refractivity contribution in [3.8, 4) is 0 Å². The minimum atomic E-state index is -0.618. The van der Waals surface area contributed by atoms with E-state index in [2.05, 4.69) is 57.2 Å². The number of nitrogens with one attached hydrogen (secondary N) is 1. The zero-order valence-electron chi connectivity index (χ0n) is 16.2. The molecular weight excluding hydrogens is 479 g/mol. The summed E-state index contributed by atoms with van der Waals surface area (Å²) in [6.45, 7) is 3.71. The molecule has 1 saturated heterocycles. The van der Waals surface area contributed by atoms with Crippen LogP contribution in [0.2, 0.25) is 0 Å². The third-order valence-corrected chi connectivity index (χ3v) is 7.06. The molecule has 0 aliphatic carbocycles. The van der Waals surface area contributed by atoms with Crippen molar-refractivity contribution in [2.75, 3.05) is 13.1 Å². The summed E-state index contributed by atoms with van der Waals surface area (Å²) in [6.07, 6.45) is 4.66. The van der Waals surface area contributed by atoms with Crippen molar-refractivity contribution < 1.29 is 9.90 Å². The standard InChI is InChI=1S/C22H23IN4O2/c1-14-8-17(23)20-25-18(12-27(20)11-14)21(29)26-7-6-22(19(28)13-26)9-15-4-2-3-5-16(15)10-24-22/h2-5,8,11-12,19,24,28H,6-7,9-10,13H2,1H3/t19-,22+/m1/s1. The Morgan fingerprint density at radius 2 is 2.10 bits per heavy atom. The molecule has 2 aliphatic rings. The fourth-order valence-corrected chi connectivity index (χ4v) is 5.49. The molecule has 0 saturated carbocycles. The van der Waals surface area contributed by atoms with Crippen molar-refractivity contribution in [1.29, 1.82) is 0 Å². The molecule has 2 aromatic heterocycles. The number of aliphatic hydroxyl groups is 1. The number of likely N-dealkylation sites (tertiary alicyclic amines) is 1. The van der Waals surface area contributed by atoms with Crippen LogP contribution in [0.15, 0.2) is 42.7 Å². The Morgan fingerprint density at radius 1 is 1.31 bits per heavy atom. The second kappa shape index (κ2) is 7.07. The second-order valence-electron chi connectivity index (χ2n) is 8.19. The van der Waals surface area contributed by atoms with E-state index in [-0.39, 0.29) is 11.4 Å². The van der Waals surface area contributed by atoms with E-state index in [0.29, 0.717) is 18.8 Å². The van der Waals surface area contributed by atoms with Crippen LogP contribution < -0.4 is 5.32 Å². The van der Waals surface area contributed by atoms with E-state index in [4.69, 9.17) is 0 Å². The van der Waals surface area contributed by atoms with Crippen molar-refractivity contribution in [2.24, 2.45) is 0 Å². The lowest BCUT2D eigenvalue weighted by Crippen LogP contribution is -2.65. The molecule has 1 aromatic carbocycles. The molecule has 5 rings (SSSR count). The van der Waals surface area contributed by atoms with Gasteiger partial charge in [0.05, 0.1) is 15.2 Å². The molecule has 150 valence electrons. The third-order valence-electron chi connectivity index (χ3n) is 6.26. The summed E-state index contributed by atoms with van der Waals surface area (Å²) in [6, 6.07) is 10.4. The van der Waals surface area contributed by atoms with Crippen LogP contribution in [0.4, 0.5) is 0 Å². The molecule has 29 heavy (non-hydrogen) atoms. The molecule has 4 heterocycles. The van der Waals surface area contributed by atoms with Crippen molar-refractivity contribution in [1.82, 2.24) is 19.6 Å². The van der Waals surface area contributed by atoms with Crippen LogP contribution in [0.3, 0.4) is 0 Å². The molecule has 3 aromatic rings. The predicted octanol–water partition coefficient (Wildman–Crippen LogP) is 2.54. The Morgan fingerprint density at radius 3 is 2.90 bits per heavy atom. The number of aliphatic hydroxyl groups excluding tert-OH is 1. The average molecular weight is 502 g/mol. The highest BCUT2D eigenvalue weighted by molar-refractivity contribution is 14.1. The summed E-state index contributed by atoms with van der Waals surface area (Å²) in [5, 5.41) is 14.6. The van der Waals surface area contributed by atoms with Crippen molar-refractivity contribution in [3.63, 3.8) is 0 Å². The van der Waals surface area contributed by atoms with Gasteiger partial charge in [0.15, 0.2) is 5.65 Å². The largest absolute Gasteiger partial charge is 0.389 e. The lowest BCUT2D eigenvalue weighted by Gasteiger charge is -2.48. The van der Waals surface area contributed by atoms with Crippen molar-refractivity contribution >= 4 is 34.1 Å². The smallest absolute Gasteiger partial charge is 0.274 e. The molecule has 2 aliphatic heterocycles. The molecule has 0 unspecified atom stereocenters. The van der Waals surface area contributed by atoms with Gasteiger partial charge in [-0.15, -0.1) is 0 Å². The zero-order chi connectivity index (χ0) is 20.2. The molecular formula is C22H23IN4O2. The molecule has 2 N–H and O–H groups in total. The van der Waals surface area contributed by atoms with Crippen molar-refractivity contribution in [3.05, 3.63) is 68.7 Å². The minimum absolute atomic E-state index is 0.118. The lowest BCUT2D eigenvalue weighted by atomic mass is 9.76. The first-order valence-electron chi connectivity index (χ1n) is 9.89. The Hall–Kier alpha value is -1.97. The number of benzene rings is 1. The number of hydrogen-bond donors (Lipinski definition) is 2. The van der Waals surface area contributed by atoms with Crippen LogP contribution in [0.1, 0.15) is 33.6 Å². The fraction of sp³-hybridized carbons (Fsp3) is 0.364. The number of nitrogens with zero attached hydrogens (tertiary/aromatic N) is 3. The van der Waals surface area contributed by atoms with Gasteiger partial charge in [0.1, 0.15) is 5.69 Å². The number of pyridine rings is 1. The average Bonchev–Trinajstić information content (AvgIpc) is 3.14. The Kier molecular flexibility index (Phi) is 4.64. The van der Waals surface area contributed by atoms with Gasteiger partial charge in [0, 0.05) is 32.0 Å². The number of carbonyl (C=O) groups is 1. The number of hydrogen-bond acceptors (Lipinski definition) is 4. The van der Waals surface area contributed by atoms with E-state index < -0.39 is 6.10 Å². The highest BCUT2D eigenvalue weighted by Crippen LogP contribution is 2.32. The van der Waals surface area contributed by atoms with Crippen LogP contribution in [-0.2, 0) is 13.0 Å². The van der Waals surface area contributed by atoms with Crippen LogP contribution in [-0.4, -0.2) is 50.0 Å². The first kappa shape index (κ1) is 19.0. The number of piperidine rings is 1. The number of halogens is 1. The number of rotatable bonds is 1. The first-order valence-corrected chi connectivity index (χ1v) is 11.0. The fourth-order valence-electron chi connectivity index (χ4n) is 4.60. The van der Waals surface area contributed by atoms with E-state index in [1.54, 1.807) is 11.1 Å². The molecule has 7 heteroatoms. The van der Waals surface area contributed by atoms with Gasteiger partial charge < -0.3 is 19.7 Å². The van der Waals surface area contributed by atoms with Gasteiger partial charge >= 0.3 is 0 Å². The summed E-state index contributed by atoms with van der Waals surface area (Å²) in [5.41, 5.74) is 4.56. The maximum atomic E-state index is 13.1. The molecule has 1 fully saturated rings. The summed E-state index contributed by atoms with van der Waals surface area (Å²) in [5.74, 6) is -0.118. The Balaban J connectivity index is 1.36. The maximum Gasteiger partial charge on any atom is 0.274 e. The van der Waals surface area contributed by atoms with E-state index in [0.717, 1.165) is 34.2 Å². The number of aromatic nitrogens is 2. The summed E-state index contributed by atoms with van der Waals surface area (Å²) < 4.78 is 2.93. The Labute approximate surface area is 183 Å². The second-order valence-corrected chi connectivity index (χ2v) is 9.36. The lowest BCUT2D eigenvalue weighted by molar-refractivity contribution is -0.0140. The number of amides is 1. The van der Waals surface area contributed by atoms with E-state index in [9.17, 15) is 9.90 Å². The Bertz CT molecular complexity index is 1110. The quantitative estimate of drug-likeness (QED) is 0.502. The van der Waals surface area contributed by atoms with Gasteiger partial charge in [0.2, 0.25) is 0 Å². The number of β-amino-alcohol motifs (C(OH)–C–C–N with tert-alkyl or cyclic N) is 1. The zero-order valence-corrected chi connectivity index (χ0v) is 18.4. The van der Waals surface area contributed by atoms with Crippen molar-refractivity contribution in [2.45, 2.75) is 38.0 Å². The summed E-state index contributed by atoms with van der Waals surface area (Å²) in [7, 11) is 0. The normalized spacial score (nSPS) is 24.1. The maximum absolute atomic E-state index is 13.1. The van der Waals surface area contributed by atoms with E-state index in [1.165, 1.54) is 11.1 Å². The molecule has 0 bridgehead atoms. The topological polar surface area (TPSA) is 69.9 Å². The SMILES string of the molecule is Cc1cc(I)c2nc(C(=O)N3CC[C@]4(Cc5ccccc5CN4)[C@H](O)C3)cn2c1. The van der Waals surface area contributed by atoms with Gasteiger partial charge in [-0.1, -0.05) is 24.3 Å². The number of fused-ring (bicyclic) bond motifs is 2. The van der Waals surface area contributed by atoms with E-state index >= 15 is 0 Å². The molecule has 1 amide bonds. The first-order chi connectivity index (χ1) is 13.9. The van der Waals surface area contributed by atoms with Gasteiger partial charge in [-0.05, 0) is 65.1 Å². The van der Waals surface area contributed by atoms with Crippen LogP contribution in [0, 0.1) is 10.5 Å². The monoisotopic (exact) mass is 502 g/mol. The van der Waals surface area contributed by atoms with E-state index in [1.807, 2.05) is 23.6 Å². The minimum Gasteiger partial charge on any atom is -0.389 e. The highest BCUT2D eigenvalue weighted by atomic mass is 127. The van der Waals surface area contributed by atoms with Gasteiger partial charge in [-0.3, -0.25) is 4.79 Å². The third kappa shape index (κ3) is 3.25. The molecule has 2 atom stereocenters. The van der Waals surface area contributed by atoms with Gasteiger partial charge in [-0.2, -0.15) is 0 Å². The number of carbonyl (C=O) groups excluding carboxylic acids is 1. The summed E-state index contributed by atoms with van der Waals surface area (Å²) in [4.78, 5) is 19.4. The molecule has 6 nitrogen and oxygen atoms in total. The molecule has 1 spiro atoms. The summed E-state index contributed by atoms with van der Waals surface area (Å²) >= 11 is 2.25. The van der Waals surface area contributed by atoms with Gasteiger partial charge in [-0.25, -0.2) is 4.98 Å². The van der Waals surface area contributed by atoms with Crippen LogP contribution >= 0.6 is 22.6 Å². The van der Waals surface area contributed by atoms with Crippen LogP contribution in [0.25, 0.3) is 5.65 Å². The number of imidazole rings is 1. The highest BCUT2D eigenvalue weighted by Gasteiger charge is 2.45. The van der Waals surface area contributed by atoms with Crippen LogP contribution in [0.5, 0.6) is 0 Å². The molecule has 0 radical (unpaired) electrons. The number of aryl methyl sites for hydroxylation is 1.